The Morgan fingerprint density at radius 3 is 2.59 bits per heavy atom. The van der Waals surface area contributed by atoms with Crippen molar-refractivity contribution in [3.8, 4) is 5.75 Å². The van der Waals surface area contributed by atoms with Gasteiger partial charge in [-0.25, -0.2) is 4.39 Å². The van der Waals surface area contributed by atoms with Gasteiger partial charge in [-0.2, -0.15) is 0 Å². The molecular formula is C12H14BrFO3. The van der Waals surface area contributed by atoms with Gasteiger partial charge >= 0.3 is 5.97 Å². The number of methoxy groups -OCH3 is 1. The first-order valence-corrected chi connectivity index (χ1v) is 5.82. The molecule has 0 saturated heterocycles. The summed E-state index contributed by atoms with van der Waals surface area (Å²) in [4.78, 5) is 11.0. The van der Waals surface area contributed by atoms with Crippen molar-refractivity contribution in [3.63, 3.8) is 0 Å². The van der Waals surface area contributed by atoms with Crippen molar-refractivity contribution in [2.45, 2.75) is 20.3 Å². The topological polar surface area (TPSA) is 46.5 Å². The SMILES string of the molecule is COc1cc(CC(C)(C)C(=O)O)cc(Br)c1F. The molecule has 0 fully saturated rings. The summed E-state index contributed by atoms with van der Waals surface area (Å²) in [5.74, 6) is -1.27. The Morgan fingerprint density at radius 1 is 1.53 bits per heavy atom. The number of benzene rings is 1. The Bertz CT molecular complexity index is 444. The Kier molecular flexibility index (Phi) is 4.14. The molecule has 0 bridgehead atoms. The molecule has 0 atom stereocenters. The van der Waals surface area contributed by atoms with Crippen LogP contribution in [0, 0.1) is 11.2 Å². The molecule has 5 heteroatoms. The highest BCUT2D eigenvalue weighted by Gasteiger charge is 2.28. The van der Waals surface area contributed by atoms with Crippen LogP contribution in [-0.2, 0) is 11.2 Å². The maximum atomic E-state index is 13.5. The Labute approximate surface area is 108 Å². The van der Waals surface area contributed by atoms with Crippen molar-refractivity contribution >= 4 is 21.9 Å². The number of carbonyl (C=O) groups is 1. The van der Waals surface area contributed by atoms with Crippen molar-refractivity contribution in [2.75, 3.05) is 7.11 Å². The molecule has 1 aromatic rings. The van der Waals surface area contributed by atoms with Crippen molar-refractivity contribution < 1.29 is 19.0 Å². The highest BCUT2D eigenvalue weighted by atomic mass is 79.9. The van der Waals surface area contributed by atoms with Gasteiger partial charge in [0.2, 0.25) is 0 Å². The summed E-state index contributed by atoms with van der Waals surface area (Å²) < 4.78 is 18.6. The standard InChI is InChI=1S/C12H14BrFO3/c1-12(2,11(15)16)6-7-4-8(13)10(14)9(5-7)17-3/h4-5H,6H2,1-3H3,(H,15,16). The molecule has 0 radical (unpaired) electrons. The monoisotopic (exact) mass is 304 g/mol. The van der Waals surface area contributed by atoms with E-state index in [9.17, 15) is 9.18 Å². The Balaban J connectivity index is 3.09. The van der Waals surface area contributed by atoms with Crippen LogP contribution in [0.25, 0.3) is 0 Å². The van der Waals surface area contributed by atoms with E-state index in [2.05, 4.69) is 15.9 Å². The predicted molar refractivity (Wildman–Crippen MR) is 65.8 cm³/mol. The molecule has 0 aromatic heterocycles. The predicted octanol–water partition coefficient (Wildman–Crippen LogP) is 3.25. The molecule has 1 N–H and O–H groups in total. The zero-order valence-corrected chi connectivity index (χ0v) is 11.5. The molecular weight excluding hydrogens is 291 g/mol. The van der Waals surface area contributed by atoms with E-state index in [1.807, 2.05) is 0 Å². The van der Waals surface area contributed by atoms with Crippen molar-refractivity contribution in [1.29, 1.82) is 0 Å². The number of ether oxygens (including phenoxy) is 1. The number of carboxylic acid groups (broad SMARTS) is 1. The summed E-state index contributed by atoms with van der Waals surface area (Å²) in [5, 5.41) is 9.04. The van der Waals surface area contributed by atoms with Crippen LogP contribution in [-0.4, -0.2) is 18.2 Å². The van der Waals surface area contributed by atoms with Gasteiger partial charge in [-0.3, -0.25) is 4.79 Å². The van der Waals surface area contributed by atoms with Crippen molar-refractivity contribution in [2.24, 2.45) is 5.41 Å². The van der Waals surface area contributed by atoms with Crippen LogP contribution >= 0.6 is 15.9 Å². The first-order valence-electron chi connectivity index (χ1n) is 5.03. The van der Waals surface area contributed by atoms with E-state index in [-0.39, 0.29) is 10.2 Å². The van der Waals surface area contributed by atoms with Gasteiger partial charge in [0.1, 0.15) is 0 Å². The van der Waals surface area contributed by atoms with Crippen molar-refractivity contribution in [3.05, 3.63) is 28.0 Å². The average Bonchev–Trinajstić information content (AvgIpc) is 2.22. The minimum absolute atomic E-state index is 0.107. The van der Waals surface area contributed by atoms with Crippen LogP contribution < -0.4 is 4.74 Å². The lowest BCUT2D eigenvalue weighted by molar-refractivity contribution is -0.146. The molecule has 94 valence electrons. The fraction of sp³-hybridized carbons (Fsp3) is 0.417. The molecule has 0 aliphatic rings. The number of rotatable bonds is 4. The number of carboxylic acids is 1. The molecule has 17 heavy (non-hydrogen) atoms. The van der Waals surface area contributed by atoms with Gasteiger partial charge in [0.15, 0.2) is 11.6 Å². The van der Waals surface area contributed by atoms with Gasteiger partial charge in [0, 0.05) is 0 Å². The summed E-state index contributed by atoms with van der Waals surface area (Å²) >= 11 is 3.08. The zero-order chi connectivity index (χ0) is 13.2. The minimum Gasteiger partial charge on any atom is -0.494 e. The summed E-state index contributed by atoms with van der Waals surface area (Å²) in [5.41, 5.74) is -0.190. The highest BCUT2D eigenvalue weighted by Crippen LogP contribution is 2.30. The number of hydrogen-bond donors (Lipinski definition) is 1. The van der Waals surface area contributed by atoms with Gasteiger partial charge < -0.3 is 9.84 Å². The Hall–Kier alpha value is -1.10. The average molecular weight is 305 g/mol. The van der Waals surface area contributed by atoms with Crippen LogP contribution in [0.1, 0.15) is 19.4 Å². The van der Waals surface area contributed by atoms with Crippen LogP contribution in [0.2, 0.25) is 0 Å². The molecule has 0 aliphatic carbocycles. The molecule has 0 amide bonds. The van der Waals surface area contributed by atoms with E-state index < -0.39 is 17.2 Å². The molecule has 3 nitrogen and oxygen atoms in total. The molecule has 0 heterocycles. The van der Waals surface area contributed by atoms with Crippen LogP contribution in [0.3, 0.4) is 0 Å². The van der Waals surface area contributed by atoms with Gasteiger partial charge in [0.05, 0.1) is 17.0 Å². The second-order valence-electron chi connectivity index (χ2n) is 4.46. The fourth-order valence-corrected chi connectivity index (χ4v) is 1.94. The Morgan fingerprint density at radius 2 is 2.12 bits per heavy atom. The van der Waals surface area contributed by atoms with Crippen molar-refractivity contribution in [1.82, 2.24) is 0 Å². The van der Waals surface area contributed by atoms with E-state index in [1.165, 1.54) is 13.2 Å². The van der Waals surface area contributed by atoms with Gasteiger partial charge in [-0.05, 0) is 53.9 Å². The maximum absolute atomic E-state index is 13.5. The highest BCUT2D eigenvalue weighted by molar-refractivity contribution is 9.10. The lowest BCUT2D eigenvalue weighted by Gasteiger charge is -2.19. The van der Waals surface area contributed by atoms with E-state index in [0.717, 1.165) is 0 Å². The summed E-state index contributed by atoms with van der Waals surface area (Å²) in [6, 6.07) is 3.09. The van der Waals surface area contributed by atoms with Crippen LogP contribution in [0.4, 0.5) is 4.39 Å². The lowest BCUT2D eigenvalue weighted by atomic mass is 9.86. The summed E-state index contributed by atoms with van der Waals surface area (Å²) in [6.45, 7) is 3.25. The van der Waals surface area contributed by atoms with Crippen LogP contribution in [0.5, 0.6) is 5.75 Å². The van der Waals surface area contributed by atoms with E-state index in [4.69, 9.17) is 9.84 Å². The maximum Gasteiger partial charge on any atom is 0.309 e. The first-order chi connectivity index (χ1) is 7.77. The lowest BCUT2D eigenvalue weighted by Crippen LogP contribution is -2.26. The third-order valence-electron chi connectivity index (χ3n) is 2.50. The zero-order valence-electron chi connectivity index (χ0n) is 9.88. The quantitative estimate of drug-likeness (QED) is 0.929. The molecule has 0 aliphatic heterocycles. The summed E-state index contributed by atoms with van der Waals surface area (Å²) in [7, 11) is 1.37. The van der Waals surface area contributed by atoms with E-state index in [0.29, 0.717) is 12.0 Å². The molecule has 0 saturated carbocycles. The second kappa shape index (κ2) is 5.04. The van der Waals surface area contributed by atoms with Crippen LogP contribution in [0.15, 0.2) is 16.6 Å². The fourth-order valence-electron chi connectivity index (χ4n) is 1.45. The van der Waals surface area contributed by atoms with E-state index >= 15 is 0 Å². The normalized spacial score (nSPS) is 11.4. The summed E-state index contributed by atoms with van der Waals surface area (Å²) in [6.07, 6.45) is 0.303. The molecule has 0 spiro atoms. The van der Waals surface area contributed by atoms with Gasteiger partial charge in [0.25, 0.3) is 0 Å². The largest absolute Gasteiger partial charge is 0.494 e. The molecule has 1 rings (SSSR count). The third kappa shape index (κ3) is 3.19. The third-order valence-corrected chi connectivity index (χ3v) is 3.08. The smallest absolute Gasteiger partial charge is 0.309 e. The first kappa shape index (κ1) is 14.0. The molecule has 1 aromatic carbocycles. The number of hydrogen-bond acceptors (Lipinski definition) is 2. The minimum atomic E-state index is -0.901. The van der Waals surface area contributed by atoms with Gasteiger partial charge in [-0.15, -0.1) is 0 Å². The van der Waals surface area contributed by atoms with E-state index in [1.54, 1.807) is 19.9 Å². The second-order valence-corrected chi connectivity index (χ2v) is 5.31. The van der Waals surface area contributed by atoms with Gasteiger partial charge in [-0.1, -0.05) is 0 Å². The number of aliphatic carboxylic acids is 1. The number of halogens is 2. The molecule has 0 unspecified atom stereocenters.